The van der Waals surface area contributed by atoms with Crippen molar-refractivity contribution in [3.63, 3.8) is 0 Å². The van der Waals surface area contributed by atoms with Gasteiger partial charge in [0.25, 0.3) is 0 Å². The van der Waals surface area contributed by atoms with E-state index in [0.29, 0.717) is 22.5 Å². The molecule has 0 amide bonds. The van der Waals surface area contributed by atoms with Crippen LogP contribution in [0, 0.1) is 6.92 Å². The van der Waals surface area contributed by atoms with Crippen molar-refractivity contribution < 1.29 is 4.74 Å². The molecule has 5 nitrogen and oxygen atoms in total. The number of aromatic nitrogens is 3. The second-order valence-corrected chi connectivity index (χ2v) is 5.90. The molecule has 0 fully saturated rings. The van der Waals surface area contributed by atoms with Gasteiger partial charge in [-0.15, -0.1) is 0 Å². The number of ether oxygens (including phenoxy) is 1. The van der Waals surface area contributed by atoms with Crippen LogP contribution in [0.4, 0.5) is 5.82 Å². The Morgan fingerprint density at radius 3 is 2.78 bits per heavy atom. The minimum Gasteiger partial charge on any atom is -0.496 e. The van der Waals surface area contributed by atoms with Gasteiger partial charge in [0.1, 0.15) is 23.0 Å². The Bertz CT molecular complexity index is 847. The van der Waals surface area contributed by atoms with Gasteiger partial charge in [-0.1, -0.05) is 23.2 Å². The van der Waals surface area contributed by atoms with E-state index < -0.39 is 0 Å². The molecule has 23 heavy (non-hydrogen) atoms. The van der Waals surface area contributed by atoms with Crippen molar-refractivity contribution in [2.45, 2.75) is 13.5 Å². The number of aryl methyl sites for hydroxylation is 1. The maximum absolute atomic E-state index is 6.39. The lowest BCUT2D eigenvalue weighted by atomic mass is 10.2. The van der Waals surface area contributed by atoms with Crippen molar-refractivity contribution in [2.75, 3.05) is 19.0 Å². The van der Waals surface area contributed by atoms with Crippen LogP contribution in [0.25, 0.3) is 10.9 Å². The van der Waals surface area contributed by atoms with Gasteiger partial charge in [-0.25, -0.2) is 9.97 Å². The highest BCUT2D eigenvalue weighted by molar-refractivity contribution is 6.35. The second-order valence-electron chi connectivity index (χ2n) is 5.10. The predicted molar refractivity (Wildman–Crippen MR) is 93.8 cm³/mol. The van der Waals surface area contributed by atoms with E-state index in [2.05, 4.69) is 32.8 Å². The van der Waals surface area contributed by atoms with Crippen LogP contribution in [0.3, 0.4) is 0 Å². The fourth-order valence-corrected chi connectivity index (χ4v) is 3.05. The molecule has 3 aromatic rings. The van der Waals surface area contributed by atoms with Gasteiger partial charge in [0.05, 0.1) is 17.6 Å². The molecule has 0 radical (unpaired) electrons. The highest BCUT2D eigenvalue weighted by Gasteiger charge is 2.13. The lowest BCUT2D eigenvalue weighted by Crippen LogP contribution is -2.12. The molecule has 0 saturated heterocycles. The molecule has 7 heteroatoms. The van der Waals surface area contributed by atoms with Gasteiger partial charge in [0.15, 0.2) is 0 Å². The smallest absolute Gasteiger partial charge is 0.134 e. The molecule has 0 atom stereocenters. The average Bonchev–Trinajstić information content (AvgIpc) is 2.86. The standard InChI is InChI=1S/C16H16Cl2N4O/c1-10-7-11-13(23-2)4-3-12(17)16(11)22(10)6-5-19-15-8-14(18)20-9-21-15/h3-4,7-9H,5-6H2,1-2H3,(H,19,20,21). The molecular weight excluding hydrogens is 335 g/mol. The fourth-order valence-electron chi connectivity index (χ4n) is 2.63. The Hall–Kier alpha value is -1.98. The molecule has 0 aliphatic rings. The summed E-state index contributed by atoms with van der Waals surface area (Å²) in [6, 6.07) is 7.52. The van der Waals surface area contributed by atoms with Crippen molar-refractivity contribution in [2.24, 2.45) is 0 Å². The molecule has 3 rings (SSSR count). The van der Waals surface area contributed by atoms with Gasteiger partial charge in [0, 0.05) is 30.2 Å². The van der Waals surface area contributed by atoms with E-state index in [4.69, 9.17) is 27.9 Å². The number of methoxy groups -OCH3 is 1. The Morgan fingerprint density at radius 2 is 2.04 bits per heavy atom. The molecule has 0 aliphatic heterocycles. The Balaban J connectivity index is 1.84. The normalized spacial score (nSPS) is 11.0. The fraction of sp³-hybridized carbons (Fsp3) is 0.250. The number of rotatable bonds is 5. The van der Waals surface area contributed by atoms with Crippen molar-refractivity contribution in [1.82, 2.24) is 14.5 Å². The predicted octanol–water partition coefficient (Wildman–Crippen LogP) is 4.17. The Morgan fingerprint density at radius 1 is 1.22 bits per heavy atom. The molecule has 1 N–H and O–H groups in total. The zero-order chi connectivity index (χ0) is 16.4. The van der Waals surface area contributed by atoms with Gasteiger partial charge in [-0.3, -0.25) is 0 Å². The summed E-state index contributed by atoms with van der Waals surface area (Å²) in [6.45, 7) is 3.48. The number of anilines is 1. The largest absolute Gasteiger partial charge is 0.496 e. The topological polar surface area (TPSA) is 52.0 Å². The van der Waals surface area contributed by atoms with E-state index in [-0.39, 0.29) is 0 Å². The van der Waals surface area contributed by atoms with Crippen molar-refractivity contribution in [3.8, 4) is 5.75 Å². The molecule has 0 saturated carbocycles. The van der Waals surface area contributed by atoms with Crippen LogP contribution >= 0.6 is 23.2 Å². The maximum Gasteiger partial charge on any atom is 0.134 e. The lowest BCUT2D eigenvalue weighted by molar-refractivity contribution is 0.420. The molecule has 1 aromatic carbocycles. The first-order chi connectivity index (χ1) is 11.1. The van der Waals surface area contributed by atoms with Crippen LogP contribution in [0.5, 0.6) is 5.75 Å². The van der Waals surface area contributed by atoms with Gasteiger partial charge < -0.3 is 14.6 Å². The van der Waals surface area contributed by atoms with Crippen LogP contribution in [0.15, 0.2) is 30.6 Å². The number of fused-ring (bicyclic) bond motifs is 1. The zero-order valence-electron chi connectivity index (χ0n) is 12.8. The van der Waals surface area contributed by atoms with Crippen molar-refractivity contribution >= 4 is 39.9 Å². The van der Waals surface area contributed by atoms with E-state index >= 15 is 0 Å². The number of benzene rings is 1. The number of nitrogens with one attached hydrogen (secondary N) is 1. The summed E-state index contributed by atoms with van der Waals surface area (Å²) in [6.07, 6.45) is 1.43. The van der Waals surface area contributed by atoms with Gasteiger partial charge in [-0.05, 0) is 25.1 Å². The number of nitrogens with zero attached hydrogens (tertiary/aromatic N) is 3. The summed E-state index contributed by atoms with van der Waals surface area (Å²) < 4.78 is 7.58. The second kappa shape index (κ2) is 6.64. The van der Waals surface area contributed by atoms with Gasteiger partial charge in [-0.2, -0.15) is 0 Å². The molecule has 120 valence electrons. The summed E-state index contributed by atoms with van der Waals surface area (Å²) in [4.78, 5) is 7.99. The van der Waals surface area contributed by atoms with Crippen LogP contribution in [0.1, 0.15) is 5.69 Å². The van der Waals surface area contributed by atoms with Crippen molar-refractivity contribution in [3.05, 3.63) is 46.5 Å². The third kappa shape index (κ3) is 3.21. The summed E-state index contributed by atoms with van der Waals surface area (Å²) in [5.41, 5.74) is 2.10. The number of halogens is 2. The Labute approximate surface area is 144 Å². The minimum absolute atomic E-state index is 0.415. The SMILES string of the molecule is COc1ccc(Cl)c2c1cc(C)n2CCNc1cc(Cl)ncn1. The highest BCUT2D eigenvalue weighted by atomic mass is 35.5. The molecule has 0 aliphatic carbocycles. The third-order valence-electron chi connectivity index (χ3n) is 3.67. The first kappa shape index (κ1) is 15.9. The van der Waals surface area contributed by atoms with Crippen LogP contribution in [-0.4, -0.2) is 28.2 Å². The molecule has 2 aromatic heterocycles. The molecular formula is C16H16Cl2N4O. The number of hydrogen-bond donors (Lipinski definition) is 1. The molecule has 2 heterocycles. The quantitative estimate of drug-likeness (QED) is 0.701. The van der Waals surface area contributed by atoms with Gasteiger partial charge >= 0.3 is 0 Å². The van der Waals surface area contributed by atoms with Crippen LogP contribution in [-0.2, 0) is 6.54 Å². The Kier molecular flexibility index (Phi) is 4.59. The monoisotopic (exact) mass is 350 g/mol. The lowest BCUT2D eigenvalue weighted by Gasteiger charge is -2.11. The van der Waals surface area contributed by atoms with Crippen molar-refractivity contribution in [1.29, 1.82) is 0 Å². The molecule has 0 bridgehead atoms. The third-order valence-corrected chi connectivity index (χ3v) is 4.18. The van der Waals surface area contributed by atoms with Crippen LogP contribution in [0.2, 0.25) is 10.2 Å². The van der Waals surface area contributed by atoms with E-state index in [9.17, 15) is 0 Å². The van der Waals surface area contributed by atoms with E-state index in [1.54, 1.807) is 13.2 Å². The minimum atomic E-state index is 0.415. The van der Waals surface area contributed by atoms with E-state index in [1.807, 2.05) is 12.1 Å². The first-order valence-electron chi connectivity index (χ1n) is 7.14. The number of hydrogen-bond acceptors (Lipinski definition) is 4. The highest BCUT2D eigenvalue weighted by Crippen LogP contribution is 2.33. The average molecular weight is 351 g/mol. The summed E-state index contributed by atoms with van der Waals surface area (Å²) in [7, 11) is 1.66. The van der Waals surface area contributed by atoms with Crippen LogP contribution < -0.4 is 10.1 Å². The molecule has 0 unspecified atom stereocenters. The van der Waals surface area contributed by atoms with E-state index in [1.165, 1.54) is 6.33 Å². The summed E-state index contributed by atoms with van der Waals surface area (Å²) >= 11 is 12.2. The summed E-state index contributed by atoms with van der Waals surface area (Å²) in [5, 5.41) is 5.37. The zero-order valence-corrected chi connectivity index (χ0v) is 14.3. The molecule has 0 spiro atoms. The van der Waals surface area contributed by atoms with E-state index in [0.717, 1.165) is 28.9 Å². The maximum atomic E-state index is 6.39. The first-order valence-corrected chi connectivity index (χ1v) is 7.89. The summed E-state index contributed by atoms with van der Waals surface area (Å²) in [5.74, 6) is 1.52. The van der Waals surface area contributed by atoms with Gasteiger partial charge in [0.2, 0.25) is 0 Å².